The maximum atomic E-state index is 13.7. The van der Waals surface area contributed by atoms with Crippen molar-refractivity contribution in [2.45, 2.75) is 57.2 Å². The maximum absolute atomic E-state index is 13.7. The van der Waals surface area contributed by atoms with Crippen LogP contribution in [0.3, 0.4) is 0 Å². The number of ether oxygens (including phenoxy) is 1. The van der Waals surface area contributed by atoms with Crippen molar-refractivity contribution in [2.24, 2.45) is 0 Å². The number of carbonyl (C=O) groups is 1. The first-order valence-electron chi connectivity index (χ1n) is 11.9. The number of benzene rings is 2. The third kappa shape index (κ3) is 4.60. The fourth-order valence-electron chi connectivity index (χ4n) is 5.45. The molecule has 3 heterocycles. The normalized spacial score (nSPS) is 25.6. The number of aromatic nitrogens is 2. The number of halogens is 1. The molecule has 0 radical (unpaired) electrons. The van der Waals surface area contributed by atoms with E-state index in [0.717, 1.165) is 34.5 Å². The summed E-state index contributed by atoms with van der Waals surface area (Å²) in [6.07, 6.45) is 7.97. The van der Waals surface area contributed by atoms with Gasteiger partial charge in [0.2, 0.25) is 0 Å². The van der Waals surface area contributed by atoms with Gasteiger partial charge in [-0.25, -0.2) is 9.37 Å². The van der Waals surface area contributed by atoms with Crippen molar-refractivity contribution in [3.8, 4) is 11.4 Å². The molecule has 2 aliphatic heterocycles. The Balaban J connectivity index is 1.47. The second-order valence-corrected chi connectivity index (χ2v) is 9.90. The fraction of sp³-hybridized carbons (Fsp3) is 0.357. The topological polar surface area (TPSA) is 67.6 Å². The van der Waals surface area contributed by atoms with Gasteiger partial charge in [-0.2, -0.15) is 0 Å². The molecule has 2 aromatic carbocycles. The van der Waals surface area contributed by atoms with E-state index in [0.29, 0.717) is 25.0 Å². The van der Waals surface area contributed by atoms with Crippen molar-refractivity contribution in [3.63, 3.8) is 0 Å². The number of aryl methyl sites for hydroxylation is 1. The Morgan fingerprint density at radius 1 is 1.20 bits per heavy atom. The second-order valence-electron chi connectivity index (χ2n) is 9.90. The highest BCUT2D eigenvalue weighted by atomic mass is 19.1. The number of methoxy groups -OCH3 is 1. The lowest BCUT2D eigenvalue weighted by Gasteiger charge is -2.50. The van der Waals surface area contributed by atoms with Gasteiger partial charge in [0.15, 0.2) is 0 Å². The van der Waals surface area contributed by atoms with Crippen LogP contribution in [-0.4, -0.2) is 44.2 Å². The molecule has 5 rings (SSSR count). The number of fused-ring (bicyclic) bond motifs is 1. The van der Waals surface area contributed by atoms with Crippen LogP contribution >= 0.6 is 0 Å². The quantitative estimate of drug-likeness (QED) is 0.540. The molecule has 0 bridgehead atoms. The Morgan fingerprint density at radius 2 is 1.97 bits per heavy atom. The molecule has 2 aliphatic rings. The Bertz CT molecular complexity index is 1280. The number of imidazole rings is 1. The molecule has 0 spiro atoms. The summed E-state index contributed by atoms with van der Waals surface area (Å²) in [4.78, 5) is 19.9. The van der Waals surface area contributed by atoms with E-state index < -0.39 is 5.60 Å². The monoisotopic (exact) mass is 475 g/mol. The minimum atomic E-state index is -0.878. The average Bonchev–Trinajstić information content (AvgIpc) is 3.26. The largest absolute Gasteiger partial charge is 0.495 e. The predicted octanol–water partition coefficient (Wildman–Crippen LogP) is 4.99. The molecule has 2 fully saturated rings. The van der Waals surface area contributed by atoms with E-state index in [2.05, 4.69) is 4.98 Å². The molecule has 35 heavy (non-hydrogen) atoms. The number of aliphatic hydroxyl groups is 1. The summed E-state index contributed by atoms with van der Waals surface area (Å²) >= 11 is 0. The highest BCUT2D eigenvalue weighted by Crippen LogP contribution is 2.44. The average molecular weight is 476 g/mol. The second kappa shape index (κ2) is 8.96. The molecular formula is C28H30FN3O3. The molecular weight excluding hydrogens is 445 g/mol. The lowest BCUT2D eigenvalue weighted by Crippen LogP contribution is -2.55. The molecule has 1 N–H and O–H groups in total. The summed E-state index contributed by atoms with van der Waals surface area (Å²) in [6, 6.07) is 11.7. The summed E-state index contributed by atoms with van der Waals surface area (Å²) in [5, 5.41) is 10.9. The number of carbonyl (C=O) groups excluding carboxylic acids is 1. The van der Waals surface area contributed by atoms with Gasteiger partial charge in [-0.15, -0.1) is 0 Å². The Kier molecular flexibility index (Phi) is 5.97. The van der Waals surface area contributed by atoms with Crippen LogP contribution in [0.15, 0.2) is 60.6 Å². The summed E-state index contributed by atoms with van der Waals surface area (Å²) in [5.41, 5.74) is 3.36. The van der Waals surface area contributed by atoms with Crippen LogP contribution in [-0.2, 0) is 4.79 Å². The van der Waals surface area contributed by atoms with Crippen LogP contribution in [0.4, 0.5) is 4.39 Å². The first kappa shape index (κ1) is 23.3. The van der Waals surface area contributed by atoms with Gasteiger partial charge >= 0.3 is 0 Å². The Hall–Kier alpha value is -3.45. The highest BCUT2D eigenvalue weighted by molar-refractivity contribution is 5.99. The van der Waals surface area contributed by atoms with E-state index in [1.54, 1.807) is 25.6 Å². The molecule has 1 aromatic heterocycles. The van der Waals surface area contributed by atoms with E-state index in [1.165, 1.54) is 12.1 Å². The lowest BCUT2D eigenvalue weighted by atomic mass is 9.77. The van der Waals surface area contributed by atoms with E-state index in [-0.39, 0.29) is 23.8 Å². The van der Waals surface area contributed by atoms with Crippen LogP contribution < -0.4 is 4.74 Å². The molecule has 1 amide bonds. The van der Waals surface area contributed by atoms with Gasteiger partial charge in [0.25, 0.3) is 5.91 Å². The third-order valence-electron chi connectivity index (χ3n) is 7.08. The molecule has 3 aromatic rings. The summed E-state index contributed by atoms with van der Waals surface area (Å²) in [7, 11) is 1.63. The highest BCUT2D eigenvalue weighted by Gasteiger charge is 2.46. The van der Waals surface area contributed by atoms with Crippen LogP contribution in [0, 0.1) is 12.7 Å². The zero-order valence-corrected chi connectivity index (χ0v) is 20.2. The van der Waals surface area contributed by atoms with Gasteiger partial charge in [0.1, 0.15) is 11.6 Å². The smallest absolute Gasteiger partial charge is 0.250 e. The van der Waals surface area contributed by atoms with Gasteiger partial charge < -0.3 is 19.3 Å². The number of piperidine rings is 2. The lowest BCUT2D eigenvalue weighted by molar-refractivity contribution is -0.144. The van der Waals surface area contributed by atoms with E-state index >= 15 is 0 Å². The first-order valence-corrected chi connectivity index (χ1v) is 11.9. The third-order valence-corrected chi connectivity index (χ3v) is 7.08. The predicted molar refractivity (Wildman–Crippen MR) is 132 cm³/mol. The molecule has 0 saturated carbocycles. The molecule has 2 saturated heterocycles. The number of rotatable bonds is 4. The number of hydrogen-bond acceptors (Lipinski definition) is 4. The molecule has 7 heteroatoms. The van der Waals surface area contributed by atoms with Crippen molar-refractivity contribution in [1.82, 2.24) is 14.5 Å². The van der Waals surface area contributed by atoms with Gasteiger partial charge in [-0.05, 0) is 74.6 Å². The van der Waals surface area contributed by atoms with E-state index in [1.807, 2.05) is 53.8 Å². The number of amides is 1. The minimum Gasteiger partial charge on any atom is -0.495 e. The van der Waals surface area contributed by atoms with E-state index in [9.17, 15) is 14.3 Å². The van der Waals surface area contributed by atoms with Gasteiger partial charge in [0.05, 0.1) is 36.5 Å². The maximum Gasteiger partial charge on any atom is 0.250 e. The van der Waals surface area contributed by atoms with Crippen molar-refractivity contribution < 1.29 is 19.0 Å². The van der Waals surface area contributed by atoms with Crippen molar-refractivity contribution in [3.05, 3.63) is 83.2 Å². The molecule has 0 aliphatic carbocycles. The first-order chi connectivity index (χ1) is 16.7. The van der Waals surface area contributed by atoms with Crippen molar-refractivity contribution in [2.75, 3.05) is 7.11 Å². The SMILES string of the molecule is COc1cc(/C=C2\CCC3CC(C)(O)CC(c4ccc(F)cc4)N3C2=O)ccc1-n1cnc(C)c1. The molecule has 3 unspecified atom stereocenters. The van der Waals surface area contributed by atoms with Crippen LogP contribution in [0.1, 0.15) is 55.5 Å². The van der Waals surface area contributed by atoms with Crippen molar-refractivity contribution in [1.29, 1.82) is 0 Å². The fourth-order valence-corrected chi connectivity index (χ4v) is 5.45. The zero-order chi connectivity index (χ0) is 24.7. The molecule has 182 valence electrons. The Labute approximate surface area is 204 Å². The van der Waals surface area contributed by atoms with Gasteiger partial charge in [-0.3, -0.25) is 4.79 Å². The van der Waals surface area contributed by atoms with Gasteiger partial charge in [0, 0.05) is 24.2 Å². The summed E-state index contributed by atoms with van der Waals surface area (Å²) in [6.45, 7) is 3.76. The summed E-state index contributed by atoms with van der Waals surface area (Å²) < 4.78 is 21.1. The summed E-state index contributed by atoms with van der Waals surface area (Å²) in [5.74, 6) is 0.345. The number of hydrogen-bond donors (Lipinski definition) is 1. The standard InChI is InChI=1S/C28H30FN3O3/c1-18-16-31(17-30-18)24-11-4-19(13-26(24)35-3)12-21-7-10-23-14-28(2,34)15-25(32(23)27(21)33)20-5-8-22(29)9-6-20/h4-6,8-9,11-13,16-17,23,25,34H,7,10,14-15H2,1-3H3/b21-12+. The van der Waals surface area contributed by atoms with E-state index in [4.69, 9.17) is 4.74 Å². The van der Waals surface area contributed by atoms with Crippen LogP contribution in [0.2, 0.25) is 0 Å². The van der Waals surface area contributed by atoms with Crippen LogP contribution in [0.25, 0.3) is 11.8 Å². The Morgan fingerprint density at radius 3 is 2.66 bits per heavy atom. The zero-order valence-electron chi connectivity index (χ0n) is 20.2. The van der Waals surface area contributed by atoms with Crippen molar-refractivity contribution >= 4 is 12.0 Å². The minimum absolute atomic E-state index is 0.0284. The van der Waals surface area contributed by atoms with Crippen LogP contribution in [0.5, 0.6) is 5.75 Å². The molecule has 3 atom stereocenters. The molecule has 6 nitrogen and oxygen atoms in total. The number of nitrogens with zero attached hydrogens (tertiary/aromatic N) is 3. The van der Waals surface area contributed by atoms with Gasteiger partial charge in [-0.1, -0.05) is 18.2 Å².